The van der Waals surface area contributed by atoms with Gasteiger partial charge < -0.3 is 14.6 Å². The number of amides is 1. The highest BCUT2D eigenvalue weighted by molar-refractivity contribution is 7.98. The summed E-state index contributed by atoms with van der Waals surface area (Å²) in [7, 11) is -2.37. The van der Waals surface area contributed by atoms with E-state index < -0.39 is 22.0 Å². The first-order valence-corrected chi connectivity index (χ1v) is 12.2. The molecule has 1 atom stereocenters. The second-order valence-electron chi connectivity index (χ2n) is 6.89. The Bertz CT molecular complexity index is 1050. The predicted molar refractivity (Wildman–Crippen MR) is 115 cm³/mol. The van der Waals surface area contributed by atoms with E-state index in [9.17, 15) is 18.0 Å². The number of nitrogens with zero attached hydrogens (tertiary/aromatic N) is 2. The molecule has 1 aliphatic rings. The zero-order chi connectivity index (χ0) is 21.9. The summed E-state index contributed by atoms with van der Waals surface area (Å²) in [5, 5.41) is 2.83. The molecule has 1 fully saturated rings. The van der Waals surface area contributed by atoms with Gasteiger partial charge in [0.05, 0.1) is 6.61 Å². The number of benzene rings is 1. The number of carbonyl (C=O) groups is 2. The van der Waals surface area contributed by atoms with Crippen molar-refractivity contribution in [1.29, 1.82) is 0 Å². The lowest BCUT2D eigenvalue weighted by molar-refractivity contribution is -0.119. The van der Waals surface area contributed by atoms with Crippen molar-refractivity contribution in [2.24, 2.45) is 7.05 Å². The minimum absolute atomic E-state index is 0.0304. The number of hydrogen-bond acceptors (Lipinski definition) is 6. The van der Waals surface area contributed by atoms with Crippen molar-refractivity contribution in [3.05, 3.63) is 42.2 Å². The topological polar surface area (TPSA) is 97.7 Å². The lowest BCUT2D eigenvalue weighted by atomic mass is 10.2. The Kier molecular flexibility index (Phi) is 6.89. The fourth-order valence-corrected chi connectivity index (χ4v) is 5.62. The fourth-order valence-electron chi connectivity index (χ4n) is 3.43. The third-order valence-electron chi connectivity index (χ3n) is 4.91. The molecule has 0 saturated carbocycles. The molecule has 1 amide bonds. The first kappa shape index (κ1) is 22.4. The van der Waals surface area contributed by atoms with E-state index in [2.05, 4.69) is 5.32 Å². The summed E-state index contributed by atoms with van der Waals surface area (Å²) in [6.07, 6.45) is 4.33. The maximum Gasteiger partial charge on any atom is 0.354 e. The lowest BCUT2D eigenvalue weighted by Crippen LogP contribution is -2.43. The molecule has 0 radical (unpaired) electrons. The number of nitrogens with one attached hydrogen (secondary N) is 1. The molecule has 2 heterocycles. The predicted octanol–water partition coefficient (Wildman–Crippen LogP) is 2.72. The molecule has 30 heavy (non-hydrogen) atoms. The number of thioether (sulfide) groups is 1. The van der Waals surface area contributed by atoms with Crippen LogP contribution < -0.4 is 5.32 Å². The van der Waals surface area contributed by atoms with Gasteiger partial charge in [-0.2, -0.15) is 4.31 Å². The van der Waals surface area contributed by atoms with Crippen molar-refractivity contribution in [1.82, 2.24) is 8.87 Å². The molecule has 162 valence electrons. The maximum absolute atomic E-state index is 13.2. The highest BCUT2D eigenvalue weighted by atomic mass is 32.2. The van der Waals surface area contributed by atoms with Crippen LogP contribution in [-0.4, -0.2) is 54.6 Å². The van der Waals surface area contributed by atoms with Crippen molar-refractivity contribution in [2.45, 2.75) is 35.6 Å². The number of anilines is 1. The van der Waals surface area contributed by atoms with Gasteiger partial charge in [0.1, 0.15) is 16.6 Å². The van der Waals surface area contributed by atoms with Crippen molar-refractivity contribution in [3.8, 4) is 0 Å². The van der Waals surface area contributed by atoms with Gasteiger partial charge in [0, 0.05) is 30.4 Å². The quantitative estimate of drug-likeness (QED) is 0.514. The molecular weight excluding hydrogens is 426 g/mol. The molecule has 1 aliphatic heterocycles. The third-order valence-corrected chi connectivity index (χ3v) is 7.51. The van der Waals surface area contributed by atoms with Crippen LogP contribution in [0.1, 0.15) is 30.3 Å². The molecule has 0 spiro atoms. The summed E-state index contributed by atoms with van der Waals surface area (Å²) in [4.78, 5) is 25.9. The van der Waals surface area contributed by atoms with E-state index in [1.54, 1.807) is 31.8 Å². The van der Waals surface area contributed by atoms with E-state index in [-0.39, 0.29) is 29.6 Å². The summed E-state index contributed by atoms with van der Waals surface area (Å²) in [5.41, 5.74) is 0.768. The molecule has 2 aromatic rings. The molecular formula is C20H25N3O5S2. The van der Waals surface area contributed by atoms with Gasteiger partial charge in [-0.3, -0.25) is 4.79 Å². The Balaban J connectivity index is 1.82. The molecule has 0 aliphatic carbocycles. The van der Waals surface area contributed by atoms with Crippen LogP contribution in [0.4, 0.5) is 5.69 Å². The number of aryl methyl sites for hydroxylation is 1. The summed E-state index contributed by atoms with van der Waals surface area (Å²) in [6.45, 7) is 2.12. The van der Waals surface area contributed by atoms with Gasteiger partial charge in [-0.15, -0.1) is 11.8 Å². The molecule has 1 aromatic carbocycles. The summed E-state index contributed by atoms with van der Waals surface area (Å²) in [6, 6.07) is 7.88. The Labute approximate surface area is 180 Å². The minimum Gasteiger partial charge on any atom is -0.461 e. The average Bonchev–Trinajstić information content (AvgIpc) is 3.36. The normalized spacial score (nSPS) is 17.1. The van der Waals surface area contributed by atoms with Gasteiger partial charge in [-0.1, -0.05) is 6.07 Å². The van der Waals surface area contributed by atoms with E-state index in [1.165, 1.54) is 21.1 Å². The molecule has 10 heteroatoms. The Morgan fingerprint density at radius 1 is 1.30 bits per heavy atom. The fraction of sp³-hybridized carbons (Fsp3) is 0.400. The number of rotatable bonds is 7. The molecule has 1 saturated heterocycles. The van der Waals surface area contributed by atoms with E-state index in [4.69, 9.17) is 4.74 Å². The highest BCUT2D eigenvalue weighted by Gasteiger charge is 2.40. The van der Waals surface area contributed by atoms with Gasteiger partial charge in [0.25, 0.3) is 0 Å². The second kappa shape index (κ2) is 9.23. The van der Waals surface area contributed by atoms with E-state index in [1.807, 2.05) is 24.5 Å². The first-order valence-electron chi connectivity index (χ1n) is 9.58. The van der Waals surface area contributed by atoms with Crippen molar-refractivity contribution < 1.29 is 22.7 Å². The highest BCUT2D eigenvalue weighted by Crippen LogP contribution is 2.28. The van der Waals surface area contributed by atoms with Crippen LogP contribution in [-0.2, 0) is 26.6 Å². The summed E-state index contributed by atoms with van der Waals surface area (Å²) >= 11 is 1.56. The van der Waals surface area contributed by atoms with Gasteiger partial charge in [-0.25, -0.2) is 13.2 Å². The van der Waals surface area contributed by atoms with E-state index >= 15 is 0 Å². The number of aromatic nitrogens is 1. The maximum atomic E-state index is 13.2. The first-order chi connectivity index (χ1) is 14.3. The number of sulfonamides is 1. The molecule has 8 nitrogen and oxygen atoms in total. The standard InChI is InChI=1S/C20H25N3O5S2/c1-4-28-20(25)18-12-16(13-22(18)2)30(26,27)23-10-6-9-17(23)19(24)21-14-7-5-8-15(11-14)29-3/h5,7-8,11-13,17H,4,6,9-10H2,1-3H3,(H,21,24). The summed E-state index contributed by atoms with van der Waals surface area (Å²) < 4.78 is 34.1. The van der Waals surface area contributed by atoms with Crippen molar-refractivity contribution >= 4 is 39.3 Å². The van der Waals surface area contributed by atoms with Crippen LogP contribution in [0.25, 0.3) is 0 Å². The van der Waals surface area contributed by atoms with Gasteiger partial charge in [0.15, 0.2) is 0 Å². The van der Waals surface area contributed by atoms with Crippen LogP contribution in [0.2, 0.25) is 0 Å². The van der Waals surface area contributed by atoms with Gasteiger partial charge >= 0.3 is 5.97 Å². The Morgan fingerprint density at radius 2 is 2.07 bits per heavy atom. The molecule has 3 rings (SSSR count). The third kappa shape index (κ3) is 4.55. The average molecular weight is 452 g/mol. The minimum atomic E-state index is -3.95. The zero-order valence-electron chi connectivity index (χ0n) is 17.1. The van der Waals surface area contributed by atoms with Crippen molar-refractivity contribution in [2.75, 3.05) is 24.7 Å². The van der Waals surface area contributed by atoms with E-state index in [0.29, 0.717) is 18.5 Å². The number of hydrogen-bond donors (Lipinski definition) is 1. The van der Waals surface area contributed by atoms with Crippen LogP contribution >= 0.6 is 11.8 Å². The van der Waals surface area contributed by atoms with Crippen LogP contribution in [0, 0.1) is 0 Å². The SMILES string of the molecule is CCOC(=O)c1cc(S(=O)(=O)N2CCCC2C(=O)Nc2cccc(SC)c2)cn1C. The van der Waals surface area contributed by atoms with Crippen LogP contribution in [0.5, 0.6) is 0 Å². The smallest absolute Gasteiger partial charge is 0.354 e. The van der Waals surface area contributed by atoms with Gasteiger partial charge in [-0.05, 0) is 50.3 Å². The van der Waals surface area contributed by atoms with E-state index in [0.717, 1.165) is 4.90 Å². The number of carbonyl (C=O) groups excluding carboxylic acids is 2. The van der Waals surface area contributed by atoms with Crippen molar-refractivity contribution in [3.63, 3.8) is 0 Å². The molecule has 1 N–H and O–H groups in total. The van der Waals surface area contributed by atoms with Crippen LogP contribution in [0.15, 0.2) is 46.3 Å². The zero-order valence-corrected chi connectivity index (χ0v) is 18.8. The number of esters is 1. The second-order valence-corrected chi connectivity index (χ2v) is 9.66. The van der Waals surface area contributed by atoms with Gasteiger partial charge in [0.2, 0.25) is 15.9 Å². The molecule has 1 unspecified atom stereocenters. The summed E-state index contributed by atoms with van der Waals surface area (Å²) in [5.74, 6) is -0.957. The largest absolute Gasteiger partial charge is 0.461 e. The Morgan fingerprint density at radius 3 is 2.77 bits per heavy atom. The molecule has 1 aromatic heterocycles. The Hall–Kier alpha value is -2.30. The monoisotopic (exact) mass is 451 g/mol. The number of ether oxygens (including phenoxy) is 1. The lowest BCUT2D eigenvalue weighted by Gasteiger charge is -2.23. The van der Waals surface area contributed by atoms with Crippen LogP contribution in [0.3, 0.4) is 0 Å². The molecule has 0 bridgehead atoms.